The Bertz CT molecular complexity index is 782. The Balaban J connectivity index is 1.89. The summed E-state index contributed by atoms with van der Waals surface area (Å²) in [7, 11) is -3.67. The molecule has 8 nitrogen and oxygen atoms in total. The number of aromatic nitrogens is 3. The molecule has 0 saturated carbocycles. The predicted molar refractivity (Wildman–Crippen MR) is 71.0 cm³/mol. The van der Waals surface area contributed by atoms with Crippen molar-refractivity contribution in [3.63, 3.8) is 0 Å². The first-order chi connectivity index (χ1) is 9.98. The molecular weight excluding hydrogens is 296 g/mol. The minimum absolute atomic E-state index is 0.0485. The molecule has 0 bridgehead atoms. The number of hydrogen-bond donors (Lipinski definition) is 1. The van der Waals surface area contributed by atoms with E-state index in [0.717, 1.165) is 0 Å². The highest BCUT2D eigenvalue weighted by atomic mass is 32.2. The van der Waals surface area contributed by atoms with Crippen molar-refractivity contribution in [2.45, 2.75) is 18.0 Å². The molecule has 1 aromatic carbocycles. The highest BCUT2D eigenvalue weighted by Gasteiger charge is 2.29. The second-order valence-electron chi connectivity index (χ2n) is 4.61. The van der Waals surface area contributed by atoms with Gasteiger partial charge in [0.1, 0.15) is 12.2 Å². The predicted octanol–water partition coefficient (Wildman–Crippen LogP) is 0.181. The Hall–Kier alpha value is -2.26. The van der Waals surface area contributed by atoms with E-state index in [9.17, 15) is 13.2 Å². The van der Waals surface area contributed by atoms with E-state index in [-0.39, 0.29) is 17.0 Å². The zero-order chi connectivity index (χ0) is 15.0. The van der Waals surface area contributed by atoms with Crippen LogP contribution in [-0.4, -0.2) is 45.1 Å². The summed E-state index contributed by atoms with van der Waals surface area (Å²) in [6, 6.07) is 5.17. The fourth-order valence-electron chi connectivity index (χ4n) is 2.17. The standard InChI is InChI=1S/C12H12N4O4S/c17-12(18)9-1-3-10(4-2-9)21(19,20)16-6-5-15-8-13-14-11(15)7-16/h1-4,8H,5-7H2,(H,17,18). The first-order valence-corrected chi connectivity index (χ1v) is 7.63. The number of fused-ring (bicyclic) bond motifs is 1. The first kappa shape index (κ1) is 13.7. The third-order valence-electron chi connectivity index (χ3n) is 3.34. The molecule has 0 unspecified atom stereocenters. The molecule has 1 N–H and O–H groups in total. The normalized spacial score (nSPS) is 15.6. The smallest absolute Gasteiger partial charge is 0.335 e. The molecule has 1 aliphatic rings. The van der Waals surface area contributed by atoms with Crippen LogP contribution < -0.4 is 0 Å². The van der Waals surface area contributed by atoms with Crippen LogP contribution in [0.25, 0.3) is 0 Å². The summed E-state index contributed by atoms with van der Waals surface area (Å²) in [6.07, 6.45) is 1.57. The van der Waals surface area contributed by atoms with Gasteiger partial charge in [-0.15, -0.1) is 10.2 Å². The second-order valence-corrected chi connectivity index (χ2v) is 6.55. The van der Waals surface area contributed by atoms with Crippen molar-refractivity contribution >= 4 is 16.0 Å². The van der Waals surface area contributed by atoms with Gasteiger partial charge in [0.2, 0.25) is 10.0 Å². The molecule has 1 aliphatic heterocycles. The van der Waals surface area contributed by atoms with Gasteiger partial charge in [0, 0.05) is 13.1 Å². The van der Waals surface area contributed by atoms with Gasteiger partial charge in [0.15, 0.2) is 0 Å². The highest BCUT2D eigenvalue weighted by molar-refractivity contribution is 7.89. The Morgan fingerprint density at radius 1 is 1.19 bits per heavy atom. The van der Waals surface area contributed by atoms with Crippen LogP contribution in [-0.2, 0) is 23.1 Å². The molecule has 0 radical (unpaired) electrons. The first-order valence-electron chi connectivity index (χ1n) is 6.18. The van der Waals surface area contributed by atoms with Gasteiger partial charge in [-0.3, -0.25) is 0 Å². The maximum atomic E-state index is 12.5. The molecular formula is C12H12N4O4S. The maximum Gasteiger partial charge on any atom is 0.335 e. The van der Waals surface area contributed by atoms with E-state index < -0.39 is 16.0 Å². The van der Waals surface area contributed by atoms with Crippen molar-refractivity contribution < 1.29 is 18.3 Å². The molecule has 0 amide bonds. The van der Waals surface area contributed by atoms with Gasteiger partial charge in [-0.2, -0.15) is 4.31 Å². The van der Waals surface area contributed by atoms with Crippen LogP contribution in [0.1, 0.15) is 16.2 Å². The summed E-state index contributed by atoms with van der Waals surface area (Å²) in [6.45, 7) is 0.978. The molecule has 0 aliphatic carbocycles. The quantitative estimate of drug-likeness (QED) is 0.867. The molecule has 0 spiro atoms. The van der Waals surface area contributed by atoms with Crippen molar-refractivity contribution in [2.24, 2.45) is 0 Å². The van der Waals surface area contributed by atoms with Crippen LogP contribution in [0.3, 0.4) is 0 Å². The van der Waals surface area contributed by atoms with Gasteiger partial charge in [-0.1, -0.05) is 0 Å². The number of hydrogen-bond acceptors (Lipinski definition) is 5. The monoisotopic (exact) mass is 308 g/mol. The Morgan fingerprint density at radius 3 is 2.57 bits per heavy atom. The van der Waals surface area contributed by atoms with Gasteiger partial charge >= 0.3 is 5.97 Å². The van der Waals surface area contributed by atoms with E-state index in [1.54, 1.807) is 10.9 Å². The number of rotatable bonds is 3. The lowest BCUT2D eigenvalue weighted by Gasteiger charge is -2.26. The number of benzene rings is 1. The molecule has 3 rings (SSSR count). The summed E-state index contributed by atoms with van der Waals surface area (Å²) in [5.41, 5.74) is 0.0485. The van der Waals surface area contributed by atoms with Crippen LogP contribution in [0.4, 0.5) is 0 Å². The molecule has 2 aromatic rings. The SMILES string of the molecule is O=C(O)c1ccc(S(=O)(=O)N2CCn3cnnc3C2)cc1. The van der Waals surface area contributed by atoms with E-state index in [1.165, 1.54) is 28.6 Å². The number of nitrogens with zero attached hydrogens (tertiary/aromatic N) is 4. The van der Waals surface area contributed by atoms with Crippen LogP contribution in [0.15, 0.2) is 35.5 Å². The molecule has 0 fully saturated rings. The lowest BCUT2D eigenvalue weighted by Crippen LogP contribution is -2.38. The number of aromatic carboxylic acids is 1. The van der Waals surface area contributed by atoms with Crippen LogP contribution in [0.5, 0.6) is 0 Å². The Morgan fingerprint density at radius 2 is 1.90 bits per heavy atom. The summed E-state index contributed by atoms with van der Waals surface area (Å²) >= 11 is 0. The summed E-state index contributed by atoms with van der Waals surface area (Å²) in [5.74, 6) is -0.503. The van der Waals surface area contributed by atoms with Crippen molar-refractivity contribution in [1.29, 1.82) is 0 Å². The highest BCUT2D eigenvalue weighted by Crippen LogP contribution is 2.21. The van der Waals surface area contributed by atoms with Crippen molar-refractivity contribution in [2.75, 3.05) is 6.54 Å². The topological polar surface area (TPSA) is 105 Å². The summed E-state index contributed by atoms with van der Waals surface area (Å²) < 4.78 is 28.2. The second kappa shape index (κ2) is 4.93. The number of sulfonamides is 1. The molecule has 2 heterocycles. The fourth-order valence-corrected chi connectivity index (χ4v) is 3.55. The van der Waals surface area contributed by atoms with Gasteiger partial charge in [-0.25, -0.2) is 13.2 Å². The zero-order valence-corrected chi connectivity index (χ0v) is 11.7. The van der Waals surface area contributed by atoms with Crippen molar-refractivity contribution in [3.05, 3.63) is 42.0 Å². The van der Waals surface area contributed by atoms with Crippen molar-refractivity contribution in [1.82, 2.24) is 19.1 Å². The molecule has 1 aromatic heterocycles. The van der Waals surface area contributed by atoms with Crippen molar-refractivity contribution in [3.8, 4) is 0 Å². The largest absolute Gasteiger partial charge is 0.478 e. The van der Waals surface area contributed by atoms with Crippen LogP contribution in [0, 0.1) is 0 Å². The van der Waals surface area contributed by atoms with Gasteiger partial charge in [0.25, 0.3) is 0 Å². The minimum Gasteiger partial charge on any atom is -0.478 e. The lowest BCUT2D eigenvalue weighted by molar-refractivity contribution is 0.0696. The van der Waals surface area contributed by atoms with Gasteiger partial charge < -0.3 is 9.67 Å². The molecule has 0 atom stereocenters. The van der Waals surface area contributed by atoms with E-state index in [4.69, 9.17) is 5.11 Å². The third kappa shape index (κ3) is 2.41. The average Bonchev–Trinajstić information content (AvgIpc) is 2.94. The molecule has 9 heteroatoms. The number of carboxylic acids is 1. The van der Waals surface area contributed by atoms with E-state index in [1.807, 2.05) is 0 Å². The minimum atomic E-state index is -3.67. The van der Waals surface area contributed by atoms with Crippen LogP contribution in [0.2, 0.25) is 0 Å². The maximum absolute atomic E-state index is 12.5. The molecule has 21 heavy (non-hydrogen) atoms. The third-order valence-corrected chi connectivity index (χ3v) is 5.20. The van der Waals surface area contributed by atoms with Gasteiger partial charge in [0.05, 0.1) is 17.0 Å². The lowest BCUT2D eigenvalue weighted by atomic mass is 10.2. The fraction of sp³-hybridized carbons (Fsp3) is 0.250. The van der Waals surface area contributed by atoms with Crippen LogP contribution >= 0.6 is 0 Å². The molecule has 0 saturated heterocycles. The molecule has 110 valence electrons. The number of carboxylic acid groups (broad SMARTS) is 1. The summed E-state index contributed by atoms with van der Waals surface area (Å²) in [5, 5.41) is 16.5. The number of carbonyl (C=O) groups is 1. The van der Waals surface area contributed by atoms with E-state index in [0.29, 0.717) is 18.9 Å². The van der Waals surface area contributed by atoms with E-state index >= 15 is 0 Å². The average molecular weight is 308 g/mol. The Kier molecular flexibility index (Phi) is 3.22. The van der Waals surface area contributed by atoms with Gasteiger partial charge in [-0.05, 0) is 24.3 Å². The Labute approximate surface area is 120 Å². The van der Waals surface area contributed by atoms with E-state index in [2.05, 4.69) is 10.2 Å². The summed E-state index contributed by atoms with van der Waals surface area (Å²) in [4.78, 5) is 10.9. The zero-order valence-electron chi connectivity index (χ0n) is 10.9.